The lowest BCUT2D eigenvalue weighted by atomic mass is 10.0. The normalized spacial score (nSPS) is 16.8. The van der Waals surface area contributed by atoms with E-state index in [4.69, 9.17) is 32.7 Å². The molecule has 2 rings (SSSR count). The highest BCUT2D eigenvalue weighted by Gasteiger charge is 2.30. The summed E-state index contributed by atoms with van der Waals surface area (Å²) in [6.45, 7) is 3.18. The van der Waals surface area contributed by atoms with E-state index < -0.39 is 24.0 Å². The first-order chi connectivity index (χ1) is 11.8. The van der Waals surface area contributed by atoms with Crippen LogP contribution < -0.4 is 10.6 Å². The fraction of sp³-hybridized carbons (Fsp3) is 0.312. The number of carbonyl (C=O) groups is 3. The van der Waals surface area contributed by atoms with Crippen LogP contribution in [0.5, 0.6) is 0 Å². The van der Waals surface area contributed by atoms with Crippen molar-refractivity contribution in [1.82, 2.24) is 10.6 Å². The minimum atomic E-state index is -0.672. The number of hydrogen-bond donors (Lipinski definition) is 2. The van der Waals surface area contributed by atoms with Gasteiger partial charge >= 0.3 is 18.0 Å². The zero-order chi connectivity index (χ0) is 18.6. The summed E-state index contributed by atoms with van der Waals surface area (Å²) in [6, 6.07) is 3.22. The zero-order valence-electron chi connectivity index (χ0n) is 13.5. The van der Waals surface area contributed by atoms with Crippen LogP contribution in [0.4, 0.5) is 4.79 Å². The Balaban J connectivity index is 2.17. The molecule has 2 N–H and O–H groups in total. The van der Waals surface area contributed by atoms with E-state index in [1.54, 1.807) is 13.8 Å². The van der Waals surface area contributed by atoms with Gasteiger partial charge in [-0.25, -0.2) is 14.4 Å². The monoisotopic (exact) mass is 386 g/mol. The van der Waals surface area contributed by atoms with Crippen molar-refractivity contribution >= 4 is 41.2 Å². The number of nitrogens with one attached hydrogen (secondary N) is 2. The summed E-state index contributed by atoms with van der Waals surface area (Å²) in [5.41, 5.74) is 0.562. The topological polar surface area (TPSA) is 93.7 Å². The Kier molecular flexibility index (Phi) is 6.27. The van der Waals surface area contributed by atoms with E-state index in [0.717, 1.165) is 0 Å². The van der Waals surface area contributed by atoms with Gasteiger partial charge in [-0.05, 0) is 32.0 Å². The number of halogens is 2. The second-order valence-corrected chi connectivity index (χ2v) is 5.95. The minimum absolute atomic E-state index is 0.170. The predicted molar refractivity (Wildman–Crippen MR) is 91.5 cm³/mol. The second-order valence-electron chi connectivity index (χ2n) is 5.14. The fourth-order valence-corrected chi connectivity index (χ4v) is 2.54. The molecule has 0 radical (unpaired) electrons. The van der Waals surface area contributed by atoms with Crippen LogP contribution in [0.2, 0.25) is 10.0 Å². The van der Waals surface area contributed by atoms with Crippen molar-refractivity contribution in [3.8, 4) is 0 Å². The molecule has 2 amide bonds. The summed E-state index contributed by atoms with van der Waals surface area (Å²) in [7, 11) is 0. The molecule has 0 saturated heterocycles. The van der Waals surface area contributed by atoms with Crippen molar-refractivity contribution in [2.45, 2.75) is 19.9 Å². The molecule has 0 saturated carbocycles. The summed E-state index contributed by atoms with van der Waals surface area (Å²) >= 11 is 11.7. The lowest BCUT2D eigenvalue weighted by Gasteiger charge is -2.26. The van der Waals surface area contributed by atoms with Crippen molar-refractivity contribution in [3.05, 3.63) is 45.1 Å². The standard InChI is InChI=1S/C16H16Cl2N2O5/c1-3-24-15(22)13-8(2)19-16(23)20-12(13)7-25-14(21)9-4-5-10(17)11(18)6-9/h4-6,8H,3,7H2,1-2H3,(H2,19,20,23)/t8-/m1/s1. The Bertz CT molecular complexity index is 748. The summed E-state index contributed by atoms with van der Waals surface area (Å²) in [5.74, 6) is -1.27. The maximum Gasteiger partial charge on any atom is 0.338 e. The van der Waals surface area contributed by atoms with Crippen LogP contribution in [0.1, 0.15) is 24.2 Å². The van der Waals surface area contributed by atoms with Crippen LogP contribution in [0.3, 0.4) is 0 Å². The van der Waals surface area contributed by atoms with Crippen molar-refractivity contribution in [1.29, 1.82) is 0 Å². The zero-order valence-corrected chi connectivity index (χ0v) is 15.0. The molecule has 1 aliphatic rings. The molecule has 1 aromatic rings. The summed E-state index contributed by atoms with van der Waals surface area (Å²) in [5, 5.41) is 5.54. The highest BCUT2D eigenvalue weighted by molar-refractivity contribution is 6.42. The first-order valence-corrected chi connectivity index (χ1v) is 8.19. The Morgan fingerprint density at radius 2 is 1.88 bits per heavy atom. The van der Waals surface area contributed by atoms with Gasteiger partial charge in [0.2, 0.25) is 0 Å². The Morgan fingerprint density at radius 3 is 2.52 bits per heavy atom. The van der Waals surface area contributed by atoms with Crippen LogP contribution >= 0.6 is 23.2 Å². The number of benzene rings is 1. The van der Waals surface area contributed by atoms with Crippen molar-refractivity contribution in [2.24, 2.45) is 0 Å². The Hall–Kier alpha value is -2.25. The van der Waals surface area contributed by atoms with E-state index in [1.165, 1.54) is 18.2 Å². The summed E-state index contributed by atoms with van der Waals surface area (Å²) < 4.78 is 10.1. The number of ether oxygens (including phenoxy) is 2. The van der Waals surface area contributed by atoms with Gasteiger partial charge < -0.3 is 20.1 Å². The SMILES string of the molecule is CCOC(=O)C1=C(COC(=O)c2ccc(Cl)c(Cl)c2)NC(=O)N[C@@H]1C. The quantitative estimate of drug-likeness (QED) is 0.758. The minimum Gasteiger partial charge on any atom is -0.463 e. The summed E-state index contributed by atoms with van der Waals surface area (Å²) in [4.78, 5) is 35.8. The van der Waals surface area contributed by atoms with Gasteiger partial charge in [0.25, 0.3) is 0 Å². The van der Waals surface area contributed by atoms with E-state index in [0.29, 0.717) is 5.02 Å². The van der Waals surface area contributed by atoms with Crippen molar-refractivity contribution < 1.29 is 23.9 Å². The smallest absolute Gasteiger partial charge is 0.338 e. The van der Waals surface area contributed by atoms with Crippen LogP contribution in [0, 0.1) is 0 Å². The molecule has 1 aliphatic heterocycles. The Morgan fingerprint density at radius 1 is 1.16 bits per heavy atom. The molecule has 7 nitrogen and oxygen atoms in total. The van der Waals surface area contributed by atoms with Gasteiger partial charge in [0, 0.05) is 0 Å². The molecular formula is C16H16Cl2N2O5. The largest absolute Gasteiger partial charge is 0.463 e. The molecule has 134 valence electrons. The molecule has 9 heteroatoms. The number of hydrogen-bond acceptors (Lipinski definition) is 5. The number of amides is 2. The van der Waals surface area contributed by atoms with Crippen LogP contribution in [0.15, 0.2) is 29.5 Å². The van der Waals surface area contributed by atoms with Crippen molar-refractivity contribution in [3.63, 3.8) is 0 Å². The van der Waals surface area contributed by atoms with Crippen molar-refractivity contribution in [2.75, 3.05) is 13.2 Å². The van der Waals surface area contributed by atoms with Crippen LogP contribution in [0.25, 0.3) is 0 Å². The lowest BCUT2D eigenvalue weighted by molar-refractivity contribution is -0.139. The van der Waals surface area contributed by atoms with Crippen LogP contribution in [-0.2, 0) is 14.3 Å². The molecule has 1 atom stereocenters. The number of rotatable bonds is 5. The van der Waals surface area contributed by atoms with Gasteiger partial charge in [-0.2, -0.15) is 0 Å². The highest BCUT2D eigenvalue weighted by Crippen LogP contribution is 2.23. The fourth-order valence-electron chi connectivity index (χ4n) is 2.24. The number of esters is 2. The number of urea groups is 1. The molecule has 0 unspecified atom stereocenters. The average Bonchev–Trinajstić information content (AvgIpc) is 2.54. The molecule has 0 bridgehead atoms. The third-order valence-corrected chi connectivity index (χ3v) is 4.11. The maximum atomic E-state index is 12.1. The molecule has 0 aliphatic carbocycles. The maximum absolute atomic E-state index is 12.1. The second kappa shape index (κ2) is 8.22. The summed E-state index contributed by atoms with van der Waals surface area (Å²) in [6.07, 6.45) is 0. The van der Waals surface area contributed by atoms with Gasteiger partial charge in [0.15, 0.2) is 0 Å². The molecule has 1 heterocycles. The first kappa shape index (κ1) is 19.1. The molecule has 0 fully saturated rings. The predicted octanol–water partition coefficient (Wildman–Crippen LogP) is 2.67. The van der Waals surface area contributed by atoms with E-state index in [2.05, 4.69) is 10.6 Å². The van der Waals surface area contributed by atoms with Crippen LogP contribution in [-0.4, -0.2) is 37.2 Å². The molecule has 0 aromatic heterocycles. The van der Waals surface area contributed by atoms with E-state index in [-0.39, 0.29) is 35.1 Å². The molecule has 25 heavy (non-hydrogen) atoms. The Labute approximate surface area is 154 Å². The first-order valence-electron chi connectivity index (χ1n) is 7.43. The van der Waals surface area contributed by atoms with Gasteiger partial charge in [-0.3, -0.25) is 0 Å². The van der Waals surface area contributed by atoms with E-state index >= 15 is 0 Å². The van der Waals surface area contributed by atoms with E-state index in [9.17, 15) is 14.4 Å². The van der Waals surface area contributed by atoms with E-state index in [1.807, 2.05) is 0 Å². The average molecular weight is 387 g/mol. The van der Waals surface area contributed by atoms with Gasteiger partial charge in [-0.1, -0.05) is 23.2 Å². The third-order valence-electron chi connectivity index (χ3n) is 3.37. The molecule has 0 spiro atoms. The van der Waals surface area contributed by atoms with Gasteiger partial charge in [0.05, 0.1) is 39.5 Å². The lowest BCUT2D eigenvalue weighted by Crippen LogP contribution is -2.50. The highest BCUT2D eigenvalue weighted by atomic mass is 35.5. The molecular weight excluding hydrogens is 371 g/mol. The number of carbonyl (C=O) groups excluding carboxylic acids is 3. The van der Waals surface area contributed by atoms with Gasteiger partial charge in [0.1, 0.15) is 6.61 Å². The third kappa shape index (κ3) is 4.64. The van der Waals surface area contributed by atoms with Gasteiger partial charge in [-0.15, -0.1) is 0 Å². The molecule has 1 aromatic carbocycles.